The summed E-state index contributed by atoms with van der Waals surface area (Å²) in [7, 11) is 1.62. The third kappa shape index (κ3) is 4.29. The second-order valence-corrected chi connectivity index (χ2v) is 5.84. The smallest absolute Gasteiger partial charge is 0.319 e. The van der Waals surface area contributed by atoms with E-state index >= 15 is 0 Å². The molecule has 2 rings (SSSR count). The number of nitrogens with zero attached hydrogens (tertiary/aromatic N) is 1. The molecule has 5 heteroatoms. The molecule has 1 heterocycles. The molecule has 122 valence electrons. The van der Waals surface area contributed by atoms with Gasteiger partial charge < -0.3 is 20.3 Å². The molecule has 0 bridgehead atoms. The molecule has 1 aromatic rings. The summed E-state index contributed by atoms with van der Waals surface area (Å²) in [5.74, 6) is 0.681. The minimum atomic E-state index is -0.191. The van der Waals surface area contributed by atoms with Crippen molar-refractivity contribution in [2.45, 2.75) is 45.6 Å². The molecule has 0 aliphatic carbocycles. The molecule has 2 amide bonds. The lowest BCUT2D eigenvalue weighted by atomic mass is 10.1. The highest BCUT2D eigenvalue weighted by Gasteiger charge is 2.15. The van der Waals surface area contributed by atoms with Crippen molar-refractivity contribution in [1.82, 2.24) is 5.32 Å². The summed E-state index contributed by atoms with van der Waals surface area (Å²) in [6, 6.07) is 5.94. The Bertz CT molecular complexity index is 499. The minimum Gasteiger partial charge on any atom is -0.495 e. The van der Waals surface area contributed by atoms with E-state index in [4.69, 9.17) is 4.74 Å². The molecular weight excluding hydrogens is 278 g/mol. The van der Waals surface area contributed by atoms with Crippen LogP contribution in [0, 0.1) is 0 Å². The molecule has 0 radical (unpaired) electrons. The number of carbonyl (C=O) groups excluding carboxylic acids is 1. The fourth-order valence-corrected chi connectivity index (χ4v) is 2.63. The summed E-state index contributed by atoms with van der Waals surface area (Å²) in [6.07, 6.45) is 4.65. The van der Waals surface area contributed by atoms with Crippen molar-refractivity contribution in [1.29, 1.82) is 0 Å². The molecule has 1 atom stereocenters. The van der Waals surface area contributed by atoms with Gasteiger partial charge in [-0.1, -0.05) is 6.92 Å². The van der Waals surface area contributed by atoms with E-state index in [0.717, 1.165) is 25.2 Å². The van der Waals surface area contributed by atoms with Crippen molar-refractivity contribution in [3.63, 3.8) is 0 Å². The molecule has 0 spiro atoms. The van der Waals surface area contributed by atoms with Crippen molar-refractivity contribution in [3.8, 4) is 5.75 Å². The summed E-state index contributed by atoms with van der Waals surface area (Å²) < 4.78 is 5.36. The van der Waals surface area contributed by atoms with Crippen LogP contribution in [0.15, 0.2) is 18.2 Å². The Balaban J connectivity index is 2.11. The van der Waals surface area contributed by atoms with Crippen LogP contribution in [0.1, 0.15) is 39.5 Å². The zero-order chi connectivity index (χ0) is 15.9. The van der Waals surface area contributed by atoms with Gasteiger partial charge in [0.25, 0.3) is 0 Å². The van der Waals surface area contributed by atoms with Gasteiger partial charge in [0.2, 0.25) is 0 Å². The number of piperidine rings is 1. The van der Waals surface area contributed by atoms with Crippen LogP contribution in [0.2, 0.25) is 0 Å². The number of carbonyl (C=O) groups is 1. The molecule has 1 aromatic carbocycles. The van der Waals surface area contributed by atoms with E-state index in [2.05, 4.69) is 21.6 Å². The Morgan fingerprint density at radius 1 is 1.32 bits per heavy atom. The van der Waals surface area contributed by atoms with E-state index in [1.807, 2.05) is 26.0 Å². The van der Waals surface area contributed by atoms with E-state index in [9.17, 15) is 4.79 Å². The molecule has 0 saturated carbocycles. The topological polar surface area (TPSA) is 53.6 Å². The Kier molecular flexibility index (Phi) is 5.92. The molecule has 1 aliphatic heterocycles. The highest BCUT2D eigenvalue weighted by Crippen LogP contribution is 2.30. The third-order valence-corrected chi connectivity index (χ3v) is 4.14. The van der Waals surface area contributed by atoms with Crippen LogP contribution in [-0.2, 0) is 0 Å². The Morgan fingerprint density at radius 2 is 2.05 bits per heavy atom. The first-order chi connectivity index (χ1) is 10.6. The lowest BCUT2D eigenvalue weighted by molar-refractivity contribution is 0.249. The second kappa shape index (κ2) is 7.92. The van der Waals surface area contributed by atoms with Crippen LogP contribution in [0.4, 0.5) is 16.2 Å². The summed E-state index contributed by atoms with van der Waals surface area (Å²) in [4.78, 5) is 14.4. The summed E-state index contributed by atoms with van der Waals surface area (Å²) in [5.41, 5.74) is 1.85. The monoisotopic (exact) mass is 305 g/mol. The van der Waals surface area contributed by atoms with E-state index in [1.165, 1.54) is 19.3 Å². The molecule has 1 saturated heterocycles. The number of amides is 2. The van der Waals surface area contributed by atoms with Gasteiger partial charge in [0, 0.05) is 24.8 Å². The van der Waals surface area contributed by atoms with E-state index < -0.39 is 0 Å². The van der Waals surface area contributed by atoms with Gasteiger partial charge in [0.1, 0.15) is 5.75 Å². The predicted molar refractivity (Wildman–Crippen MR) is 91.0 cm³/mol. The first-order valence-corrected chi connectivity index (χ1v) is 8.14. The van der Waals surface area contributed by atoms with Gasteiger partial charge >= 0.3 is 6.03 Å². The van der Waals surface area contributed by atoms with Gasteiger partial charge in [-0.25, -0.2) is 4.79 Å². The zero-order valence-electron chi connectivity index (χ0n) is 13.8. The number of anilines is 2. The Hall–Kier alpha value is -1.91. The minimum absolute atomic E-state index is 0.149. The molecule has 1 fully saturated rings. The fraction of sp³-hybridized carbons (Fsp3) is 0.588. The summed E-state index contributed by atoms with van der Waals surface area (Å²) in [5, 5.41) is 5.81. The van der Waals surface area contributed by atoms with E-state index in [0.29, 0.717) is 11.4 Å². The maximum atomic E-state index is 12.0. The molecular formula is C17H27N3O2. The average molecular weight is 305 g/mol. The van der Waals surface area contributed by atoms with Gasteiger partial charge in [0.05, 0.1) is 12.8 Å². The van der Waals surface area contributed by atoms with Crippen LogP contribution in [-0.4, -0.2) is 32.3 Å². The maximum Gasteiger partial charge on any atom is 0.319 e. The van der Waals surface area contributed by atoms with Crippen molar-refractivity contribution in [2.24, 2.45) is 0 Å². The third-order valence-electron chi connectivity index (χ3n) is 4.14. The van der Waals surface area contributed by atoms with Crippen molar-refractivity contribution in [3.05, 3.63) is 18.2 Å². The normalized spacial score (nSPS) is 16.0. The highest BCUT2D eigenvalue weighted by atomic mass is 16.5. The van der Waals surface area contributed by atoms with Crippen LogP contribution < -0.4 is 20.3 Å². The maximum absolute atomic E-state index is 12.0. The number of nitrogens with one attached hydrogen (secondary N) is 2. The lowest BCUT2D eigenvalue weighted by Gasteiger charge is -2.29. The first kappa shape index (κ1) is 16.5. The fourth-order valence-electron chi connectivity index (χ4n) is 2.63. The van der Waals surface area contributed by atoms with E-state index in [1.54, 1.807) is 7.11 Å². The molecule has 22 heavy (non-hydrogen) atoms. The Morgan fingerprint density at radius 3 is 2.68 bits per heavy atom. The molecule has 2 N–H and O–H groups in total. The molecule has 1 unspecified atom stereocenters. The number of hydrogen-bond donors (Lipinski definition) is 2. The largest absolute Gasteiger partial charge is 0.495 e. The SMILES string of the molecule is CCC(C)NC(=O)Nc1cc(N2CCCCC2)ccc1OC. The van der Waals surface area contributed by atoms with Crippen LogP contribution >= 0.6 is 0 Å². The quantitative estimate of drug-likeness (QED) is 0.874. The summed E-state index contributed by atoms with van der Waals surface area (Å²) in [6.45, 7) is 6.18. The zero-order valence-corrected chi connectivity index (χ0v) is 13.8. The van der Waals surface area contributed by atoms with Crippen molar-refractivity contribution >= 4 is 17.4 Å². The molecule has 0 aromatic heterocycles. The standard InChI is InChI=1S/C17H27N3O2/c1-4-13(2)18-17(21)19-15-12-14(8-9-16(15)22-3)20-10-6-5-7-11-20/h8-9,12-13H,4-7,10-11H2,1-3H3,(H2,18,19,21). The van der Waals surface area contributed by atoms with E-state index in [-0.39, 0.29) is 12.1 Å². The van der Waals surface area contributed by atoms with Crippen LogP contribution in [0.3, 0.4) is 0 Å². The van der Waals surface area contributed by atoms with Crippen LogP contribution in [0.25, 0.3) is 0 Å². The van der Waals surface area contributed by atoms with Crippen molar-refractivity contribution < 1.29 is 9.53 Å². The number of hydrogen-bond acceptors (Lipinski definition) is 3. The van der Waals surface area contributed by atoms with Gasteiger partial charge in [-0.05, 0) is 50.8 Å². The number of ether oxygens (including phenoxy) is 1. The average Bonchev–Trinajstić information content (AvgIpc) is 2.55. The molecule has 5 nitrogen and oxygen atoms in total. The number of methoxy groups -OCH3 is 1. The van der Waals surface area contributed by atoms with Gasteiger partial charge in [-0.3, -0.25) is 0 Å². The van der Waals surface area contributed by atoms with Gasteiger partial charge in [0.15, 0.2) is 0 Å². The van der Waals surface area contributed by atoms with Crippen LogP contribution in [0.5, 0.6) is 5.75 Å². The highest BCUT2D eigenvalue weighted by molar-refractivity contribution is 5.91. The molecule has 1 aliphatic rings. The Labute approximate surface area is 133 Å². The van der Waals surface area contributed by atoms with Gasteiger partial charge in [-0.15, -0.1) is 0 Å². The van der Waals surface area contributed by atoms with Gasteiger partial charge in [-0.2, -0.15) is 0 Å². The lowest BCUT2D eigenvalue weighted by Crippen LogP contribution is -2.35. The number of benzene rings is 1. The predicted octanol–water partition coefficient (Wildman–Crippen LogP) is 3.61. The number of rotatable bonds is 5. The van der Waals surface area contributed by atoms with Crippen molar-refractivity contribution in [2.75, 3.05) is 30.4 Å². The number of urea groups is 1. The first-order valence-electron chi connectivity index (χ1n) is 8.14. The second-order valence-electron chi connectivity index (χ2n) is 5.84. The summed E-state index contributed by atoms with van der Waals surface area (Å²) >= 11 is 0.